The summed E-state index contributed by atoms with van der Waals surface area (Å²) in [5, 5.41) is 25.5. The van der Waals surface area contributed by atoms with E-state index in [1.165, 1.54) is 11.1 Å². The Morgan fingerprint density at radius 1 is 0.848 bits per heavy atom. The summed E-state index contributed by atoms with van der Waals surface area (Å²) < 4.78 is 101. The van der Waals surface area contributed by atoms with Gasteiger partial charge in [-0.15, -0.1) is 0 Å². The molecule has 262 valence electrons. The molecule has 46 heavy (non-hydrogen) atoms. The van der Waals surface area contributed by atoms with Crippen LogP contribution in [-0.4, -0.2) is 112 Å². The molecule has 3 heterocycles. The summed E-state index contributed by atoms with van der Waals surface area (Å²) in [6.07, 6.45) is -15.3. The number of nitrogens with zero attached hydrogens (tertiary/aromatic N) is 5. The fourth-order valence-electron chi connectivity index (χ4n) is 3.28. The molecule has 0 fully saturated rings. The number of fused-ring (bicyclic) bond motifs is 1. The zero-order chi connectivity index (χ0) is 36.2. The Labute approximate surface area is 256 Å². The first-order chi connectivity index (χ1) is 20.8. The predicted molar refractivity (Wildman–Crippen MR) is 141 cm³/mol. The number of hydrogen-bond donors (Lipinski definition) is 3. The molecule has 12 nitrogen and oxygen atoms in total. The molecular weight excluding hydrogens is 653 g/mol. The van der Waals surface area contributed by atoms with Gasteiger partial charge in [0.15, 0.2) is 0 Å². The van der Waals surface area contributed by atoms with Crippen LogP contribution < -0.4 is 4.90 Å². The van der Waals surface area contributed by atoms with Crippen LogP contribution in [0.15, 0.2) is 16.7 Å². The molecule has 3 rings (SSSR count). The lowest BCUT2D eigenvalue weighted by atomic mass is 10.1. The number of anilines is 1. The average Bonchev–Trinajstić information content (AvgIpc) is 3.10. The van der Waals surface area contributed by atoms with Gasteiger partial charge in [0.25, 0.3) is 0 Å². The first-order valence-electron chi connectivity index (χ1n) is 12.7. The Kier molecular flexibility index (Phi) is 15.9. The molecule has 21 heteroatoms. The Morgan fingerprint density at radius 3 is 1.67 bits per heavy atom. The van der Waals surface area contributed by atoms with Crippen molar-refractivity contribution in [3.05, 3.63) is 40.4 Å². The standard InChI is InChI=1S/C19H29N5O.3C2HF3O2/c1-14-6-7-17-12-23(13-18-15(2)21-25-16(18)3)9-11-24(19(17)20-14)10-8-22(4)5;3*3-2(4,5)1(6)7/h6-7H,8-13H2,1-5H3;3*(H,6,7). The smallest absolute Gasteiger partial charge is 0.475 e. The van der Waals surface area contributed by atoms with Crippen LogP contribution in [0.3, 0.4) is 0 Å². The van der Waals surface area contributed by atoms with Crippen molar-refractivity contribution in [3.63, 3.8) is 0 Å². The summed E-state index contributed by atoms with van der Waals surface area (Å²) in [6, 6.07) is 4.34. The van der Waals surface area contributed by atoms with Gasteiger partial charge in [-0.05, 0) is 40.9 Å². The van der Waals surface area contributed by atoms with E-state index in [9.17, 15) is 39.5 Å². The Bertz CT molecular complexity index is 1220. The number of halogens is 9. The molecule has 0 atom stereocenters. The van der Waals surface area contributed by atoms with Crippen molar-refractivity contribution in [2.75, 3.05) is 45.2 Å². The van der Waals surface area contributed by atoms with Crippen LogP contribution in [0.2, 0.25) is 0 Å². The van der Waals surface area contributed by atoms with E-state index in [1.54, 1.807) is 0 Å². The van der Waals surface area contributed by atoms with Gasteiger partial charge in [-0.1, -0.05) is 11.2 Å². The topological polar surface area (TPSA) is 161 Å². The quantitative estimate of drug-likeness (QED) is 0.384. The van der Waals surface area contributed by atoms with Gasteiger partial charge in [-0.2, -0.15) is 39.5 Å². The van der Waals surface area contributed by atoms with Crippen molar-refractivity contribution in [1.82, 2.24) is 19.9 Å². The lowest BCUT2D eigenvalue weighted by Gasteiger charge is -2.25. The van der Waals surface area contributed by atoms with Crippen molar-refractivity contribution in [2.45, 2.75) is 52.4 Å². The minimum atomic E-state index is -5.08. The van der Waals surface area contributed by atoms with Crippen molar-refractivity contribution in [3.8, 4) is 0 Å². The molecule has 2 aromatic heterocycles. The second kappa shape index (κ2) is 17.5. The first-order valence-corrected chi connectivity index (χ1v) is 12.7. The zero-order valence-electron chi connectivity index (χ0n) is 25.0. The number of carbonyl (C=O) groups is 3. The minimum Gasteiger partial charge on any atom is -0.475 e. The van der Waals surface area contributed by atoms with Crippen LogP contribution in [0.5, 0.6) is 0 Å². The number of likely N-dealkylation sites (N-methyl/N-ethyl adjacent to an activating group) is 1. The molecule has 0 unspecified atom stereocenters. The number of aliphatic carboxylic acids is 3. The van der Waals surface area contributed by atoms with E-state index >= 15 is 0 Å². The van der Waals surface area contributed by atoms with Gasteiger partial charge in [-0.3, -0.25) is 4.90 Å². The van der Waals surface area contributed by atoms with Crippen LogP contribution in [0, 0.1) is 20.8 Å². The highest BCUT2D eigenvalue weighted by Crippen LogP contribution is 2.25. The van der Waals surface area contributed by atoms with Crippen LogP contribution in [0.1, 0.15) is 28.3 Å². The molecule has 2 aromatic rings. The predicted octanol–water partition coefficient (Wildman–Crippen LogP) is 4.28. The van der Waals surface area contributed by atoms with Gasteiger partial charge in [0.1, 0.15) is 11.6 Å². The third-order valence-electron chi connectivity index (χ3n) is 5.58. The summed E-state index contributed by atoms with van der Waals surface area (Å²) in [5.74, 6) is -6.20. The van der Waals surface area contributed by atoms with Gasteiger partial charge >= 0.3 is 36.4 Å². The fourth-order valence-corrected chi connectivity index (χ4v) is 3.28. The van der Waals surface area contributed by atoms with Gasteiger partial charge < -0.3 is 29.6 Å². The molecule has 0 radical (unpaired) electrons. The molecule has 3 N–H and O–H groups in total. The van der Waals surface area contributed by atoms with E-state index in [0.717, 1.165) is 62.2 Å². The van der Waals surface area contributed by atoms with E-state index in [-0.39, 0.29) is 0 Å². The lowest BCUT2D eigenvalue weighted by molar-refractivity contribution is -0.193. The molecule has 1 aliphatic rings. The number of aryl methyl sites for hydroxylation is 3. The number of carboxylic acids is 3. The van der Waals surface area contributed by atoms with Gasteiger partial charge in [-0.25, -0.2) is 19.4 Å². The molecule has 0 saturated heterocycles. The van der Waals surface area contributed by atoms with Crippen LogP contribution in [0.25, 0.3) is 0 Å². The summed E-state index contributed by atoms with van der Waals surface area (Å²) in [4.78, 5) is 38.7. The summed E-state index contributed by atoms with van der Waals surface area (Å²) in [7, 11) is 4.23. The van der Waals surface area contributed by atoms with Crippen molar-refractivity contribution in [2.24, 2.45) is 0 Å². The van der Waals surface area contributed by atoms with E-state index < -0.39 is 36.4 Å². The third-order valence-corrected chi connectivity index (χ3v) is 5.58. The van der Waals surface area contributed by atoms with Gasteiger partial charge in [0.05, 0.1) is 5.69 Å². The molecule has 0 bridgehead atoms. The highest BCUT2D eigenvalue weighted by molar-refractivity contribution is 5.73. The van der Waals surface area contributed by atoms with Crippen molar-refractivity contribution in [1.29, 1.82) is 0 Å². The summed E-state index contributed by atoms with van der Waals surface area (Å²) in [6.45, 7) is 11.9. The molecular formula is C25H32F9N5O7. The second-order valence-electron chi connectivity index (χ2n) is 9.65. The number of aromatic nitrogens is 2. The van der Waals surface area contributed by atoms with E-state index in [0.29, 0.717) is 0 Å². The molecule has 0 spiro atoms. The van der Waals surface area contributed by atoms with Gasteiger partial charge in [0.2, 0.25) is 0 Å². The number of pyridine rings is 1. The highest BCUT2D eigenvalue weighted by atomic mass is 19.4. The highest BCUT2D eigenvalue weighted by Gasteiger charge is 2.39. The fraction of sp³-hybridized carbons (Fsp3) is 0.560. The number of hydrogen-bond acceptors (Lipinski definition) is 9. The third kappa shape index (κ3) is 15.7. The average molecular weight is 686 g/mol. The van der Waals surface area contributed by atoms with Crippen molar-refractivity contribution >= 4 is 23.7 Å². The summed E-state index contributed by atoms with van der Waals surface area (Å²) in [5.41, 5.74) is 4.58. The molecule has 0 aromatic carbocycles. The number of rotatable bonds is 5. The summed E-state index contributed by atoms with van der Waals surface area (Å²) >= 11 is 0. The van der Waals surface area contributed by atoms with Crippen LogP contribution >= 0.6 is 0 Å². The van der Waals surface area contributed by atoms with Crippen molar-refractivity contribution < 1.29 is 73.7 Å². The second-order valence-corrected chi connectivity index (χ2v) is 9.65. The Balaban J connectivity index is 0.000000786. The minimum absolute atomic E-state index is 0.871. The Morgan fingerprint density at radius 2 is 1.30 bits per heavy atom. The molecule has 0 saturated carbocycles. The maximum absolute atomic E-state index is 10.6. The Hall–Kier alpha value is -4.14. The number of alkyl halides is 9. The monoisotopic (exact) mass is 685 g/mol. The normalized spacial score (nSPS) is 13.6. The maximum atomic E-state index is 10.6. The number of carboxylic acid groups (broad SMARTS) is 3. The first kappa shape index (κ1) is 41.9. The molecule has 0 aliphatic carbocycles. The van der Waals surface area contributed by atoms with Gasteiger partial charge in [0, 0.05) is 56.1 Å². The van der Waals surface area contributed by atoms with E-state index in [4.69, 9.17) is 39.2 Å². The maximum Gasteiger partial charge on any atom is 0.490 e. The van der Waals surface area contributed by atoms with E-state index in [1.807, 2.05) is 13.8 Å². The van der Waals surface area contributed by atoms with Crippen LogP contribution in [0.4, 0.5) is 45.3 Å². The molecule has 0 amide bonds. The van der Waals surface area contributed by atoms with E-state index in [2.05, 4.69) is 53.0 Å². The zero-order valence-corrected chi connectivity index (χ0v) is 25.0. The lowest BCUT2D eigenvalue weighted by Crippen LogP contribution is -2.36. The molecule has 1 aliphatic heterocycles. The SMILES string of the molecule is Cc1ccc2c(n1)N(CCN(C)C)CCN(Cc1c(C)noc1C)C2.O=C(O)C(F)(F)F.O=C(O)C(F)(F)F.O=C(O)C(F)(F)F. The largest absolute Gasteiger partial charge is 0.490 e. The van der Waals surface area contributed by atoms with Crippen LogP contribution in [-0.2, 0) is 27.5 Å².